The molecule has 52 heavy (non-hydrogen) atoms. The summed E-state index contributed by atoms with van der Waals surface area (Å²) in [4.78, 5) is 34.3. The third-order valence-corrected chi connectivity index (χ3v) is 14.3. The van der Waals surface area contributed by atoms with Crippen molar-refractivity contribution in [3.05, 3.63) is 70.3 Å². The number of allylic oxidation sites excluding steroid dienone is 1. The van der Waals surface area contributed by atoms with E-state index in [0.29, 0.717) is 43.4 Å². The number of aryl methyl sites for hydroxylation is 1. The first-order valence-corrected chi connectivity index (χ1v) is 20.8. The number of halogens is 1. The Morgan fingerprint density at radius 2 is 1.85 bits per heavy atom. The summed E-state index contributed by atoms with van der Waals surface area (Å²) >= 11 is 6.39. The zero-order valence-electron chi connectivity index (χ0n) is 31.3. The number of rotatable bonds is 3. The summed E-state index contributed by atoms with van der Waals surface area (Å²) in [5.74, 6) is 0.0121. The smallest absolute Gasteiger partial charge is 0.264 e. The highest BCUT2D eigenvalue weighted by Crippen LogP contribution is 2.48. The van der Waals surface area contributed by atoms with E-state index >= 15 is 0 Å². The zero-order valence-corrected chi connectivity index (χ0v) is 32.8. The number of fused-ring (bicyclic) bond motifs is 3. The van der Waals surface area contributed by atoms with Crippen molar-refractivity contribution < 1.29 is 27.5 Å². The number of amides is 2. The predicted molar refractivity (Wildman–Crippen MR) is 205 cm³/mol. The molecule has 2 bridgehead atoms. The van der Waals surface area contributed by atoms with Gasteiger partial charge < -0.3 is 24.2 Å². The molecule has 2 aromatic carbocycles. The number of hydrogen-bond acceptors (Lipinski definition) is 8. The molecule has 6 rings (SSSR count). The van der Waals surface area contributed by atoms with Gasteiger partial charge in [0.1, 0.15) is 12.4 Å². The number of ether oxygens (including phenoxy) is 2. The van der Waals surface area contributed by atoms with Crippen LogP contribution in [0.3, 0.4) is 0 Å². The molecular formula is C40H55ClN4O6S. The highest BCUT2D eigenvalue weighted by molar-refractivity contribution is 7.90. The Kier molecular flexibility index (Phi) is 11.9. The van der Waals surface area contributed by atoms with E-state index in [1.54, 1.807) is 32.2 Å². The normalized spacial score (nSPS) is 30.7. The summed E-state index contributed by atoms with van der Waals surface area (Å²) in [5, 5.41) is -0.148. The number of benzene rings is 2. The lowest BCUT2D eigenvalue weighted by Crippen LogP contribution is -2.57. The van der Waals surface area contributed by atoms with Crippen molar-refractivity contribution in [1.82, 2.24) is 14.5 Å². The summed E-state index contributed by atoms with van der Waals surface area (Å²) in [5.41, 5.74) is 2.37. The van der Waals surface area contributed by atoms with Crippen LogP contribution in [0, 0.1) is 17.8 Å². The average molecular weight is 755 g/mol. The van der Waals surface area contributed by atoms with Crippen LogP contribution in [0.15, 0.2) is 48.6 Å². The fourth-order valence-electron chi connectivity index (χ4n) is 8.51. The third-order valence-electron chi connectivity index (χ3n) is 12.1. The minimum absolute atomic E-state index is 0.0604. The van der Waals surface area contributed by atoms with Crippen molar-refractivity contribution >= 4 is 39.1 Å². The lowest BCUT2D eigenvalue weighted by Gasteiger charge is -2.50. The van der Waals surface area contributed by atoms with E-state index in [-0.39, 0.29) is 41.7 Å². The Morgan fingerprint density at radius 3 is 2.58 bits per heavy atom. The lowest BCUT2D eigenvalue weighted by molar-refractivity contribution is -0.146. The van der Waals surface area contributed by atoms with Gasteiger partial charge in [0.2, 0.25) is 15.9 Å². The number of sulfonamides is 1. The maximum atomic E-state index is 14.1. The van der Waals surface area contributed by atoms with Crippen LogP contribution in [-0.2, 0) is 32.6 Å². The highest BCUT2D eigenvalue weighted by Gasteiger charge is 2.49. The van der Waals surface area contributed by atoms with Gasteiger partial charge in [-0.05, 0) is 119 Å². The summed E-state index contributed by atoms with van der Waals surface area (Å²) in [6.07, 6.45) is 9.29. The zero-order chi connectivity index (χ0) is 37.2. The molecule has 12 heteroatoms. The maximum Gasteiger partial charge on any atom is 0.264 e. The van der Waals surface area contributed by atoms with Gasteiger partial charge in [0, 0.05) is 56.5 Å². The van der Waals surface area contributed by atoms with Crippen LogP contribution in [0.2, 0.25) is 5.02 Å². The van der Waals surface area contributed by atoms with Crippen LogP contribution in [0.1, 0.15) is 80.8 Å². The summed E-state index contributed by atoms with van der Waals surface area (Å²) in [7, 11) is -0.216. The second-order valence-corrected chi connectivity index (χ2v) is 18.0. The number of methoxy groups -OCH3 is 1. The van der Waals surface area contributed by atoms with Crippen LogP contribution >= 0.6 is 11.6 Å². The van der Waals surface area contributed by atoms with E-state index in [2.05, 4.69) is 28.5 Å². The first-order valence-electron chi connectivity index (χ1n) is 18.9. The fraction of sp³-hybridized carbons (Fsp3) is 0.600. The summed E-state index contributed by atoms with van der Waals surface area (Å²) in [6.45, 7) is 9.66. The molecule has 0 spiro atoms. The minimum Gasteiger partial charge on any atom is -0.487 e. The molecule has 2 amide bonds. The molecule has 3 heterocycles. The third kappa shape index (κ3) is 8.32. The van der Waals surface area contributed by atoms with Crippen LogP contribution in [-0.4, -0.2) is 93.8 Å². The monoisotopic (exact) mass is 754 g/mol. The van der Waals surface area contributed by atoms with Gasteiger partial charge >= 0.3 is 0 Å². The number of anilines is 1. The topological polar surface area (TPSA) is 108 Å². The SMILES string of the molecule is CO[C@@]1(CC(=O)N2CCN(C)C[C@@H]2C)/C=C/C[C@H](C)[C@@H](C)S(=O)(=O)NC(=O)c2ccc3c(c2)N(CCCCc2cc(Cl)ccc2CO3)C[C@@H]2CC[C@H]21. The van der Waals surface area contributed by atoms with Gasteiger partial charge in [-0.2, -0.15) is 0 Å². The summed E-state index contributed by atoms with van der Waals surface area (Å²) < 4.78 is 42.5. The van der Waals surface area contributed by atoms with Crippen molar-refractivity contribution in [1.29, 1.82) is 0 Å². The fourth-order valence-corrected chi connectivity index (χ4v) is 9.99. The van der Waals surface area contributed by atoms with Gasteiger partial charge in [-0.1, -0.05) is 36.7 Å². The van der Waals surface area contributed by atoms with Crippen molar-refractivity contribution in [3.8, 4) is 5.75 Å². The number of carbonyl (C=O) groups is 2. The van der Waals surface area contributed by atoms with E-state index in [4.69, 9.17) is 21.1 Å². The number of likely N-dealkylation sites (N-methyl/N-ethyl adjacent to an activating group) is 1. The number of nitrogens with one attached hydrogen (secondary N) is 1. The molecule has 1 saturated heterocycles. The minimum atomic E-state index is -4.01. The van der Waals surface area contributed by atoms with Crippen molar-refractivity contribution in [2.75, 3.05) is 51.8 Å². The molecule has 3 aliphatic heterocycles. The average Bonchev–Trinajstić information content (AvgIpc) is 3.12. The van der Waals surface area contributed by atoms with Crippen LogP contribution in [0.4, 0.5) is 5.69 Å². The van der Waals surface area contributed by atoms with Crippen LogP contribution in [0.5, 0.6) is 5.75 Å². The van der Waals surface area contributed by atoms with E-state index < -0.39 is 26.8 Å². The Labute approximate surface area is 314 Å². The standard InChI is InChI=1S/C40H55ClN4O6S/c1-27-9-8-17-40(50-5,23-38(46)45-20-19-43(4)24-28(45)2)35-15-12-32(35)25-44-18-7-6-10-30-21-34(41)14-11-33(30)26-51-37-16-13-31(22-36(37)44)39(47)42-52(48,49)29(27)3/h8,11,13-14,16-17,21-22,27-29,32,35H,6-7,9-10,12,15,18-20,23-26H2,1-5H3,(H,42,47)/b17-8+/t27-,28-,29+,32-,35+,40+/m0/s1. The summed E-state index contributed by atoms with van der Waals surface area (Å²) in [6, 6.07) is 11.2. The van der Waals surface area contributed by atoms with Crippen molar-refractivity contribution in [2.24, 2.45) is 17.8 Å². The number of nitrogens with zero attached hydrogens (tertiary/aromatic N) is 3. The molecule has 284 valence electrons. The van der Waals surface area contributed by atoms with E-state index in [9.17, 15) is 18.0 Å². The van der Waals surface area contributed by atoms with E-state index in [1.807, 2.05) is 42.2 Å². The second-order valence-electron chi connectivity index (χ2n) is 15.6. The van der Waals surface area contributed by atoms with Gasteiger partial charge in [0.25, 0.3) is 5.91 Å². The molecule has 2 fully saturated rings. The van der Waals surface area contributed by atoms with E-state index in [0.717, 1.165) is 62.0 Å². The molecule has 10 nitrogen and oxygen atoms in total. The first kappa shape index (κ1) is 38.6. The molecule has 4 aliphatic rings. The lowest BCUT2D eigenvalue weighted by atomic mass is 9.63. The Bertz CT molecular complexity index is 1770. The Hall–Kier alpha value is -3.12. The predicted octanol–water partition coefficient (Wildman–Crippen LogP) is 6.07. The molecule has 6 atom stereocenters. The van der Waals surface area contributed by atoms with Crippen LogP contribution < -0.4 is 14.4 Å². The largest absolute Gasteiger partial charge is 0.487 e. The Morgan fingerprint density at radius 1 is 1.04 bits per heavy atom. The first-order chi connectivity index (χ1) is 24.8. The number of piperazine rings is 1. The number of carbonyl (C=O) groups excluding carboxylic acids is 2. The number of hydrogen-bond donors (Lipinski definition) is 1. The molecule has 1 saturated carbocycles. The Balaban J connectivity index is 1.39. The molecule has 0 radical (unpaired) electrons. The van der Waals surface area contributed by atoms with Crippen molar-refractivity contribution in [3.63, 3.8) is 0 Å². The van der Waals surface area contributed by atoms with Gasteiger partial charge in [-0.15, -0.1) is 0 Å². The second kappa shape index (κ2) is 16.1. The molecule has 1 aliphatic carbocycles. The quantitative estimate of drug-likeness (QED) is 0.377. The van der Waals surface area contributed by atoms with Gasteiger partial charge in [0.05, 0.1) is 23.0 Å². The molecule has 2 aromatic rings. The van der Waals surface area contributed by atoms with Crippen molar-refractivity contribution in [2.45, 2.75) is 89.2 Å². The van der Waals surface area contributed by atoms with Gasteiger partial charge in [0.15, 0.2) is 0 Å². The molecule has 0 unspecified atom stereocenters. The molecule has 0 aromatic heterocycles. The molecule has 1 N–H and O–H groups in total. The maximum absolute atomic E-state index is 14.1. The van der Waals surface area contributed by atoms with E-state index in [1.165, 1.54) is 0 Å². The van der Waals surface area contributed by atoms with Gasteiger partial charge in [-0.3, -0.25) is 9.59 Å². The molecular weight excluding hydrogens is 700 g/mol. The van der Waals surface area contributed by atoms with Crippen LogP contribution in [0.25, 0.3) is 0 Å². The highest BCUT2D eigenvalue weighted by atomic mass is 35.5. The van der Waals surface area contributed by atoms with Gasteiger partial charge in [-0.25, -0.2) is 13.1 Å².